The second-order valence-corrected chi connectivity index (χ2v) is 7.75. The zero-order valence-electron chi connectivity index (χ0n) is 14.4. The van der Waals surface area contributed by atoms with Crippen LogP contribution in [0.2, 0.25) is 0 Å². The van der Waals surface area contributed by atoms with Gasteiger partial charge in [-0.15, -0.1) is 0 Å². The average molecular weight is 349 g/mol. The highest BCUT2D eigenvalue weighted by molar-refractivity contribution is 7.90. The lowest BCUT2D eigenvalue weighted by Gasteiger charge is -2.26. The van der Waals surface area contributed by atoms with Crippen molar-refractivity contribution in [1.29, 1.82) is 0 Å². The quantitative estimate of drug-likeness (QED) is 0.795. The van der Waals surface area contributed by atoms with Crippen molar-refractivity contribution >= 4 is 15.9 Å². The molecule has 0 saturated carbocycles. The molecule has 7 heteroatoms. The molecule has 0 fully saturated rings. The van der Waals surface area contributed by atoms with E-state index in [9.17, 15) is 13.2 Å². The summed E-state index contributed by atoms with van der Waals surface area (Å²) < 4.78 is 26.8. The predicted octanol–water partition coefficient (Wildman–Crippen LogP) is 1.63. The van der Waals surface area contributed by atoms with Gasteiger partial charge in [-0.05, 0) is 38.2 Å². The van der Waals surface area contributed by atoms with Crippen molar-refractivity contribution in [3.8, 4) is 0 Å². The molecule has 0 aliphatic rings. The van der Waals surface area contributed by atoms with Gasteiger partial charge in [-0.2, -0.15) is 0 Å². The summed E-state index contributed by atoms with van der Waals surface area (Å²) in [6, 6.07) is 11.4. The molecule has 130 valence electrons. The maximum absolute atomic E-state index is 12.8. The Morgan fingerprint density at radius 3 is 2.29 bits per heavy atom. The number of aromatic nitrogens is 1. The molecule has 0 spiro atoms. The van der Waals surface area contributed by atoms with Gasteiger partial charge in [0.25, 0.3) is 10.0 Å². The minimum Gasteiger partial charge on any atom is -0.347 e. The highest BCUT2D eigenvalue weighted by Gasteiger charge is 2.23. The first-order valence-corrected chi connectivity index (χ1v) is 9.07. The molecular formula is C17H23N3O3S. The van der Waals surface area contributed by atoms with Crippen LogP contribution in [-0.4, -0.2) is 55.3 Å². The van der Waals surface area contributed by atoms with Crippen molar-refractivity contribution < 1.29 is 13.2 Å². The molecule has 1 amide bonds. The van der Waals surface area contributed by atoms with Crippen LogP contribution in [0.15, 0.2) is 53.6 Å². The Morgan fingerprint density at radius 1 is 1.08 bits per heavy atom. The molecule has 6 nitrogen and oxygen atoms in total. The van der Waals surface area contributed by atoms with Crippen LogP contribution in [0.5, 0.6) is 0 Å². The molecule has 0 N–H and O–H groups in total. The third-order valence-corrected chi connectivity index (χ3v) is 5.71. The molecule has 2 aromatic rings. The number of carbonyl (C=O) groups is 1. The lowest BCUT2D eigenvalue weighted by molar-refractivity contribution is -0.133. The van der Waals surface area contributed by atoms with Crippen LogP contribution in [0.3, 0.4) is 0 Å². The van der Waals surface area contributed by atoms with E-state index < -0.39 is 10.0 Å². The number of amides is 1. The van der Waals surface area contributed by atoms with Crippen LogP contribution < -0.4 is 0 Å². The Kier molecular flexibility index (Phi) is 5.46. The Balaban J connectivity index is 2.27. The zero-order valence-corrected chi connectivity index (χ0v) is 15.2. The number of nitrogens with zero attached hydrogens (tertiary/aromatic N) is 3. The highest BCUT2D eigenvalue weighted by atomic mass is 32.2. The summed E-state index contributed by atoms with van der Waals surface area (Å²) in [5, 5.41) is 0. The van der Waals surface area contributed by atoms with Gasteiger partial charge in [0.05, 0.1) is 10.9 Å². The van der Waals surface area contributed by atoms with Crippen LogP contribution >= 0.6 is 0 Å². The summed E-state index contributed by atoms with van der Waals surface area (Å²) in [7, 11) is 1.57. The van der Waals surface area contributed by atoms with E-state index in [-0.39, 0.29) is 16.8 Å². The number of likely N-dealkylation sites (N-methyl/N-ethyl adjacent to an activating group) is 2. The average Bonchev–Trinajstić information content (AvgIpc) is 3.03. The topological polar surface area (TPSA) is 62.6 Å². The van der Waals surface area contributed by atoms with Gasteiger partial charge in [-0.3, -0.25) is 9.69 Å². The maximum atomic E-state index is 12.8. The number of hydrogen-bond acceptors (Lipinski definition) is 4. The molecular weight excluding hydrogens is 326 g/mol. The third kappa shape index (κ3) is 3.68. The van der Waals surface area contributed by atoms with Crippen molar-refractivity contribution in [1.82, 2.24) is 13.8 Å². The fourth-order valence-corrected chi connectivity index (χ4v) is 3.81. The van der Waals surface area contributed by atoms with Crippen LogP contribution in [0.4, 0.5) is 0 Å². The molecule has 24 heavy (non-hydrogen) atoms. The van der Waals surface area contributed by atoms with Crippen molar-refractivity contribution in [2.45, 2.75) is 24.4 Å². The van der Waals surface area contributed by atoms with E-state index >= 15 is 0 Å². The van der Waals surface area contributed by atoms with E-state index in [1.807, 2.05) is 4.90 Å². The molecule has 0 aliphatic heterocycles. The van der Waals surface area contributed by atoms with Gasteiger partial charge in [0, 0.05) is 32.5 Å². The van der Waals surface area contributed by atoms with Crippen molar-refractivity contribution in [2.24, 2.45) is 0 Å². The van der Waals surface area contributed by atoms with Crippen molar-refractivity contribution in [2.75, 3.05) is 21.1 Å². The summed E-state index contributed by atoms with van der Waals surface area (Å²) in [4.78, 5) is 15.7. The van der Waals surface area contributed by atoms with E-state index in [0.29, 0.717) is 12.2 Å². The van der Waals surface area contributed by atoms with Crippen LogP contribution in [0.1, 0.15) is 12.6 Å². The molecule has 2 rings (SSSR count). The first-order chi connectivity index (χ1) is 11.2. The Bertz CT molecular complexity index is 797. The minimum absolute atomic E-state index is 0.0264. The number of carbonyl (C=O) groups excluding carboxylic acids is 1. The van der Waals surface area contributed by atoms with Gasteiger partial charge in [-0.25, -0.2) is 12.4 Å². The van der Waals surface area contributed by atoms with Gasteiger partial charge in [0.2, 0.25) is 5.91 Å². The first-order valence-electron chi connectivity index (χ1n) is 7.63. The van der Waals surface area contributed by atoms with E-state index in [1.165, 1.54) is 15.1 Å². The van der Waals surface area contributed by atoms with Crippen LogP contribution in [-0.2, 0) is 21.4 Å². The molecule has 1 atom stereocenters. The largest absolute Gasteiger partial charge is 0.347 e. The fraction of sp³-hybridized carbons (Fsp3) is 0.353. The Labute approximate surface area is 143 Å². The summed E-state index contributed by atoms with van der Waals surface area (Å²) >= 11 is 0. The van der Waals surface area contributed by atoms with Gasteiger partial charge < -0.3 is 4.90 Å². The molecule has 0 unspecified atom stereocenters. The predicted molar refractivity (Wildman–Crippen MR) is 93.1 cm³/mol. The third-order valence-electron chi connectivity index (χ3n) is 3.96. The van der Waals surface area contributed by atoms with Crippen molar-refractivity contribution in [3.05, 3.63) is 54.4 Å². The molecule has 0 bridgehead atoms. The summed E-state index contributed by atoms with van der Waals surface area (Å²) in [6.45, 7) is 2.15. The van der Waals surface area contributed by atoms with Crippen LogP contribution in [0, 0.1) is 0 Å². The second-order valence-electron chi connectivity index (χ2n) is 5.94. The van der Waals surface area contributed by atoms with E-state index in [2.05, 4.69) is 0 Å². The fourth-order valence-electron chi connectivity index (χ4n) is 2.42. The van der Waals surface area contributed by atoms with E-state index in [0.717, 1.165) is 0 Å². The molecule has 0 radical (unpaired) electrons. The van der Waals surface area contributed by atoms with E-state index in [1.54, 1.807) is 70.5 Å². The molecule has 1 aromatic carbocycles. The van der Waals surface area contributed by atoms with Crippen molar-refractivity contribution in [3.63, 3.8) is 0 Å². The summed E-state index contributed by atoms with van der Waals surface area (Å²) in [5.41, 5.74) is 0.611. The normalized spacial score (nSPS) is 13.0. The summed E-state index contributed by atoms with van der Waals surface area (Å²) in [6.07, 6.45) is 1.53. The zero-order chi connectivity index (χ0) is 17.9. The second kappa shape index (κ2) is 7.19. The van der Waals surface area contributed by atoms with E-state index in [4.69, 9.17) is 0 Å². The minimum atomic E-state index is -3.64. The molecule has 1 heterocycles. The summed E-state index contributed by atoms with van der Waals surface area (Å²) in [5.74, 6) is -0.0264. The van der Waals surface area contributed by atoms with Gasteiger partial charge >= 0.3 is 0 Å². The highest BCUT2D eigenvalue weighted by Crippen LogP contribution is 2.18. The number of rotatable bonds is 6. The monoisotopic (exact) mass is 349 g/mol. The van der Waals surface area contributed by atoms with Crippen LogP contribution in [0.25, 0.3) is 0 Å². The molecule has 1 aromatic heterocycles. The standard InChI is InChI=1S/C17H23N3O3S/c1-14(17(21)18(2)3)19(4)13-15-9-8-12-20(15)24(22,23)16-10-6-5-7-11-16/h5-12,14H,13H2,1-4H3/t14-/m1/s1. The lowest BCUT2D eigenvalue weighted by atomic mass is 10.2. The van der Waals surface area contributed by atoms with Gasteiger partial charge in [0.15, 0.2) is 0 Å². The maximum Gasteiger partial charge on any atom is 0.267 e. The SMILES string of the molecule is C[C@H](C(=O)N(C)C)N(C)Cc1cccn1S(=O)(=O)c1ccccc1. The molecule has 0 aliphatic carbocycles. The van der Waals surface area contributed by atoms with Gasteiger partial charge in [0.1, 0.15) is 0 Å². The first kappa shape index (κ1) is 18.2. The lowest BCUT2D eigenvalue weighted by Crippen LogP contribution is -2.42. The Hall–Kier alpha value is -2.12. The number of benzene rings is 1. The van der Waals surface area contributed by atoms with Gasteiger partial charge in [-0.1, -0.05) is 18.2 Å². The number of hydrogen-bond donors (Lipinski definition) is 0. The molecule has 0 saturated heterocycles. The smallest absolute Gasteiger partial charge is 0.267 e. The Morgan fingerprint density at radius 2 is 1.71 bits per heavy atom.